The third-order valence-electron chi connectivity index (χ3n) is 4.26. The molecule has 3 rings (SSSR count). The lowest BCUT2D eigenvalue weighted by Gasteiger charge is -2.26. The Labute approximate surface area is 127 Å². The predicted octanol–water partition coefficient (Wildman–Crippen LogP) is 3.93. The van der Waals surface area contributed by atoms with Gasteiger partial charge in [0, 0.05) is 10.7 Å². The number of benzene rings is 1. The molecule has 1 heterocycles. The molecule has 1 aliphatic carbocycles. The summed E-state index contributed by atoms with van der Waals surface area (Å²) < 4.78 is 14.5. The maximum absolute atomic E-state index is 13.8. The van der Waals surface area contributed by atoms with Crippen LogP contribution in [0.5, 0.6) is 0 Å². The van der Waals surface area contributed by atoms with Gasteiger partial charge in [-0.1, -0.05) is 13.0 Å². The Morgan fingerprint density at radius 2 is 2.05 bits per heavy atom. The molecule has 2 aromatic rings. The minimum absolute atomic E-state index is 0.173. The first-order valence-electron chi connectivity index (χ1n) is 7.33. The molecular formula is C16H19FN2OS. The van der Waals surface area contributed by atoms with Crippen LogP contribution in [0.2, 0.25) is 0 Å². The number of nitrogens with one attached hydrogen (secondary N) is 1. The number of halogens is 1. The van der Waals surface area contributed by atoms with Crippen LogP contribution in [0.15, 0.2) is 18.2 Å². The van der Waals surface area contributed by atoms with E-state index in [4.69, 9.17) is 5.73 Å². The minimum Gasteiger partial charge on any atom is -0.397 e. The molecule has 1 saturated carbocycles. The molecule has 0 radical (unpaired) electrons. The van der Waals surface area contributed by atoms with Crippen LogP contribution >= 0.6 is 11.3 Å². The highest BCUT2D eigenvalue weighted by atomic mass is 32.1. The molecule has 5 heteroatoms. The molecule has 1 aromatic carbocycles. The number of anilines is 1. The zero-order valence-corrected chi connectivity index (χ0v) is 12.8. The normalized spacial score (nSPS) is 22.4. The number of nitrogens with two attached hydrogens (primary N) is 1. The summed E-state index contributed by atoms with van der Waals surface area (Å²) in [5.74, 6) is 0.195. The van der Waals surface area contributed by atoms with Crippen molar-refractivity contribution in [2.75, 3.05) is 5.73 Å². The van der Waals surface area contributed by atoms with Crippen molar-refractivity contribution >= 4 is 33.0 Å². The fraction of sp³-hybridized carbons (Fsp3) is 0.438. The average Bonchev–Trinajstić information content (AvgIpc) is 2.80. The summed E-state index contributed by atoms with van der Waals surface area (Å²) in [7, 11) is 0. The van der Waals surface area contributed by atoms with Crippen LogP contribution in [-0.2, 0) is 0 Å². The van der Waals surface area contributed by atoms with Gasteiger partial charge in [0.25, 0.3) is 5.91 Å². The Kier molecular flexibility index (Phi) is 3.85. The number of hydrogen-bond donors (Lipinski definition) is 2. The van der Waals surface area contributed by atoms with Crippen LogP contribution in [0, 0.1) is 11.7 Å². The van der Waals surface area contributed by atoms with E-state index >= 15 is 0 Å². The molecule has 3 N–H and O–H groups in total. The molecule has 21 heavy (non-hydrogen) atoms. The van der Waals surface area contributed by atoms with E-state index in [1.54, 1.807) is 12.1 Å². The Morgan fingerprint density at radius 3 is 2.71 bits per heavy atom. The van der Waals surface area contributed by atoms with E-state index in [9.17, 15) is 9.18 Å². The fourth-order valence-electron chi connectivity index (χ4n) is 2.95. The standard InChI is InChI=1S/C16H19FN2OS/c1-9-5-7-10(8-6-9)19-16(20)15-14(18)13-11(17)3-2-4-12(13)21-15/h2-4,9-10H,5-8,18H2,1H3,(H,19,20). The zero-order chi connectivity index (χ0) is 15.0. The van der Waals surface area contributed by atoms with Gasteiger partial charge >= 0.3 is 0 Å². The van der Waals surface area contributed by atoms with E-state index in [0.29, 0.717) is 10.3 Å². The smallest absolute Gasteiger partial charge is 0.263 e. The predicted molar refractivity (Wildman–Crippen MR) is 85.1 cm³/mol. The van der Waals surface area contributed by atoms with Crippen LogP contribution in [0.3, 0.4) is 0 Å². The van der Waals surface area contributed by atoms with Crippen LogP contribution in [-0.4, -0.2) is 11.9 Å². The third-order valence-corrected chi connectivity index (χ3v) is 5.43. The molecule has 1 amide bonds. The summed E-state index contributed by atoms with van der Waals surface area (Å²) in [5.41, 5.74) is 6.24. The maximum Gasteiger partial charge on any atom is 0.263 e. The van der Waals surface area contributed by atoms with E-state index in [-0.39, 0.29) is 23.5 Å². The number of carbonyl (C=O) groups excluding carboxylic acids is 1. The molecule has 0 atom stereocenters. The summed E-state index contributed by atoms with van der Waals surface area (Å²) in [6.45, 7) is 2.24. The van der Waals surface area contributed by atoms with Gasteiger partial charge in [0.05, 0.1) is 11.1 Å². The molecule has 0 spiro atoms. The van der Waals surface area contributed by atoms with Gasteiger partial charge in [0.1, 0.15) is 10.7 Å². The number of rotatable bonds is 2. The van der Waals surface area contributed by atoms with Gasteiger partial charge in [-0.25, -0.2) is 4.39 Å². The number of thiophene rings is 1. The second kappa shape index (κ2) is 5.64. The highest BCUT2D eigenvalue weighted by Gasteiger charge is 2.23. The third kappa shape index (κ3) is 2.75. The molecule has 0 saturated heterocycles. The van der Waals surface area contributed by atoms with Gasteiger partial charge in [0.2, 0.25) is 0 Å². The fourth-order valence-corrected chi connectivity index (χ4v) is 3.99. The lowest BCUT2D eigenvalue weighted by Crippen LogP contribution is -2.37. The van der Waals surface area contributed by atoms with Crippen molar-refractivity contribution in [2.24, 2.45) is 5.92 Å². The van der Waals surface area contributed by atoms with E-state index in [2.05, 4.69) is 12.2 Å². The highest BCUT2D eigenvalue weighted by Crippen LogP contribution is 2.35. The van der Waals surface area contributed by atoms with Crippen molar-refractivity contribution in [3.05, 3.63) is 28.9 Å². The van der Waals surface area contributed by atoms with Gasteiger partial charge in [-0.2, -0.15) is 0 Å². The second-order valence-corrected chi connectivity index (χ2v) is 6.94. The lowest BCUT2D eigenvalue weighted by molar-refractivity contribution is 0.0928. The minimum atomic E-state index is -0.369. The van der Waals surface area contributed by atoms with E-state index in [0.717, 1.165) is 36.3 Å². The van der Waals surface area contributed by atoms with Crippen LogP contribution in [0.25, 0.3) is 10.1 Å². The Morgan fingerprint density at radius 1 is 1.33 bits per heavy atom. The largest absolute Gasteiger partial charge is 0.397 e. The molecule has 3 nitrogen and oxygen atoms in total. The molecule has 1 aliphatic rings. The van der Waals surface area contributed by atoms with Crippen LogP contribution in [0.4, 0.5) is 10.1 Å². The lowest BCUT2D eigenvalue weighted by atomic mass is 9.87. The molecule has 1 aromatic heterocycles. The first kappa shape index (κ1) is 14.3. The SMILES string of the molecule is CC1CCC(NC(=O)c2sc3cccc(F)c3c2N)CC1. The number of carbonyl (C=O) groups is 1. The zero-order valence-electron chi connectivity index (χ0n) is 12.0. The summed E-state index contributed by atoms with van der Waals surface area (Å²) in [5, 5.41) is 3.41. The molecule has 112 valence electrons. The Balaban J connectivity index is 1.82. The van der Waals surface area contributed by atoms with Crippen molar-refractivity contribution < 1.29 is 9.18 Å². The van der Waals surface area contributed by atoms with E-state index in [1.807, 2.05) is 0 Å². The van der Waals surface area contributed by atoms with Crippen molar-refractivity contribution in [3.63, 3.8) is 0 Å². The maximum atomic E-state index is 13.8. The van der Waals surface area contributed by atoms with Crippen molar-refractivity contribution in [1.82, 2.24) is 5.32 Å². The van der Waals surface area contributed by atoms with E-state index in [1.165, 1.54) is 17.4 Å². The summed E-state index contributed by atoms with van der Waals surface area (Å²) >= 11 is 1.26. The van der Waals surface area contributed by atoms with Gasteiger partial charge in [0.15, 0.2) is 0 Å². The van der Waals surface area contributed by atoms with Gasteiger partial charge < -0.3 is 11.1 Å². The Bertz CT molecular complexity index is 674. The Hall–Kier alpha value is -1.62. The topological polar surface area (TPSA) is 55.1 Å². The number of fused-ring (bicyclic) bond motifs is 1. The van der Waals surface area contributed by atoms with Gasteiger partial charge in [-0.3, -0.25) is 4.79 Å². The molecule has 0 unspecified atom stereocenters. The first-order valence-corrected chi connectivity index (χ1v) is 8.15. The van der Waals surface area contributed by atoms with Crippen molar-refractivity contribution in [1.29, 1.82) is 0 Å². The van der Waals surface area contributed by atoms with Crippen molar-refractivity contribution in [3.8, 4) is 0 Å². The molecule has 0 bridgehead atoms. The van der Waals surface area contributed by atoms with Crippen molar-refractivity contribution in [2.45, 2.75) is 38.6 Å². The second-order valence-electron chi connectivity index (χ2n) is 5.89. The molecular weight excluding hydrogens is 287 g/mol. The number of amides is 1. The number of nitrogen functional groups attached to an aromatic ring is 1. The van der Waals surface area contributed by atoms with Crippen LogP contribution < -0.4 is 11.1 Å². The first-order chi connectivity index (χ1) is 10.1. The van der Waals surface area contributed by atoms with Crippen LogP contribution in [0.1, 0.15) is 42.3 Å². The molecule has 1 fully saturated rings. The molecule has 0 aliphatic heterocycles. The van der Waals surface area contributed by atoms with Gasteiger partial charge in [-0.15, -0.1) is 11.3 Å². The summed E-state index contributed by atoms with van der Waals surface area (Å²) in [6, 6.07) is 5.01. The van der Waals surface area contributed by atoms with Gasteiger partial charge in [-0.05, 0) is 43.7 Å². The monoisotopic (exact) mass is 306 g/mol. The summed E-state index contributed by atoms with van der Waals surface area (Å²) in [4.78, 5) is 12.8. The summed E-state index contributed by atoms with van der Waals surface area (Å²) in [6.07, 6.45) is 4.29. The highest BCUT2D eigenvalue weighted by molar-refractivity contribution is 7.21. The quantitative estimate of drug-likeness (QED) is 0.883. The van der Waals surface area contributed by atoms with E-state index < -0.39 is 0 Å². The average molecular weight is 306 g/mol. The number of hydrogen-bond acceptors (Lipinski definition) is 3.